The number of amides is 1. The number of carbonyl (C=O) groups excluding carboxylic acids is 2. The number of ether oxygens (including phenoxy) is 1. The first kappa shape index (κ1) is 22.5. The predicted octanol–water partition coefficient (Wildman–Crippen LogP) is 4.15. The molecule has 1 heterocycles. The summed E-state index contributed by atoms with van der Waals surface area (Å²) in [5.41, 5.74) is 1.25. The van der Waals surface area contributed by atoms with Crippen LogP contribution < -0.4 is 9.62 Å². The summed E-state index contributed by atoms with van der Waals surface area (Å²) in [6.45, 7) is 3.80. The maximum atomic E-state index is 12.7. The summed E-state index contributed by atoms with van der Waals surface area (Å²) >= 11 is 1.11. The van der Waals surface area contributed by atoms with Crippen molar-refractivity contribution in [2.24, 2.45) is 0 Å². The molecule has 0 radical (unpaired) electrons. The number of para-hydroxylation sites is 1. The Hall–Kier alpha value is -3.17. The van der Waals surface area contributed by atoms with Crippen LogP contribution in [0.3, 0.4) is 0 Å². The third kappa shape index (κ3) is 5.50. The topological polar surface area (TPSA) is 92.8 Å². The third-order valence-corrected chi connectivity index (χ3v) is 7.19. The van der Waals surface area contributed by atoms with E-state index in [9.17, 15) is 18.0 Å². The first-order valence-corrected chi connectivity index (χ1v) is 11.9. The molecule has 0 bridgehead atoms. The number of sulfonamides is 1. The minimum absolute atomic E-state index is 0.196. The molecule has 0 unspecified atom stereocenters. The fraction of sp³-hybridized carbons (Fsp3) is 0.182. The van der Waals surface area contributed by atoms with Crippen molar-refractivity contribution in [1.82, 2.24) is 0 Å². The van der Waals surface area contributed by atoms with E-state index in [1.54, 1.807) is 16.3 Å². The third-order valence-electron chi connectivity index (χ3n) is 4.41. The van der Waals surface area contributed by atoms with E-state index in [1.807, 2.05) is 37.3 Å². The van der Waals surface area contributed by atoms with Crippen molar-refractivity contribution >= 4 is 44.6 Å². The van der Waals surface area contributed by atoms with Gasteiger partial charge in [0.1, 0.15) is 4.21 Å². The molecule has 0 aliphatic rings. The van der Waals surface area contributed by atoms with Crippen molar-refractivity contribution in [1.29, 1.82) is 0 Å². The number of thiophene rings is 1. The summed E-state index contributed by atoms with van der Waals surface area (Å²) in [4.78, 5) is 26.7. The lowest BCUT2D eigenvalue weighted by molar-refractivity contribution is -0.126. The maximum Gasteiger partial charge on any atom is 0.338 e. The maximum absolute atomic E-state index is 12.7. The van der Waals surface area contributed by atoms with Gasteiger partial charge in [0.25, 0.3) is 15.9 Å². The second-order valence-electron chi connectivity index (χ2n) is 6.58. The van der Waals surface area contributed by atoms with E-state index in [-0.39, 0.29) is 15.7 Å². The van der Waals surface area contributed by atoms with E-state index in [4.69, 9.17) is 4.74 Å². The van der Waals surface area contributed by atoms with E-state index >= 15 is 0 Å². The van der Waals surface area contributed by atoms with Gasteiger partial charge in [-0.1, -0.05) is 24.3 Å². The molecule has 1 aromatic heterocycles. The van der Waals surface area contributed by atoms with Gasteiger partial charge in [-0.15, -0.1) is 11.3 Å². The second-order valence-corrected chi connectivity index (χ2v) is 9.44. The van der Waals surface area contributed by atoms with Crippen LogP contribution in [0.4, 0.5) is 11.4 Å². The minimum atomic E-state index is -3.67. The van der Waals surface area contributed by atoms with Crippen molar-refractivity contribution < 1.29 is 22.7 Å². The molecular formula is C22H22N2O5S2. The predicted molar refractivity (Wildman–Crippen MR) is 121 cm³/mol. The van der Waals surface area contributed by atoms with Crippen LogP contribution in [-0.2, 0) is 19.6 Å². The zero-order valence-corrected chi connectivity index (χ0v) is 18.7. The zero-order valence-electron chi connectivity index (χ0n) is 17.0. The van der Waals surface area contributed by atoms with Crippen LogP contribution in [0.2, 0.25) is 0 Å². The van der Waals surface area contributed by atoms with Crippen LogP contribution in [0, 0.1) is 0 Å². The highest BCUT2D eigenvalue weighted by molar-refractivity contribution is 7.94. The van der Waals surface area contributed by atoms with Crippen molar-refractivity contribution in [2.75, 3.05) is 16.2 Å². The molecular weight excluding hydrogens is 436 g/mol. The van der Waals surface area contributed by atoms with Gasteiger partial charge in [-0.05, 0) is 61.7 Å². The van der Waals surface area contributed by atoms with Gasteiger partial charge in [-0.25, -0.2) is 13.2 Å². The molecule has 3 aromatic rings. The Labute approximate surface area is 185 Å². The molecule has 1 amide bonds. The number of carbonyl (C=O) groups is 2. The first-order chi connectivity index (χ1) is 14.8. The molecule has 31 heavy (non-hydrogen) atoms. The lowest BCUT2D eigenvalue weighted by Gasteiger charge is -2.24. The molecule has 1 N–H and O–H groups in total. The Balaban J connectivity index is 1.64. The average molecular weight is 459 g/mol. The number of hydrogen-bond acceptors (Lipinski definition) is 6. The van der Waals surface area contributed by atoms with Gasteiger partial charge < -0.3 is 9.64 Å². The van der Waals surface area contributed by atoms with E-state index in [0.29, 0.717) is 12.2 Å². The van der Waals surface area contributed by atoms with Gasteiger partial charge in [0.05, 0.1) is 5.56 Å². The molecule has 0 aliphatic heterocycles. The Morgan fingerprint density at radius 2 is 1.71 bits per heavy atom. The quantitative estimate of drug-likeness (QED) is 0.512. The Bertz CT molecular complexity index is 1130. The lowest BCUT2D eigenvalue weighted by atomic mass is 10.2. The molecule has 0 fully saturated rings. The summed E-state index contributed by atoms with van der Waals surface area (Å²) < 4.78 is 32.5. The monoisotopic (exact) mass is 458 g/mol. The molecule has 162 valence electrons. The number of hydrogen-bond donors (Lipinski definition) is 1. The van der Waals surface area contributed by atoms with Crippen LogP contribution >= 0.6 is 11.3 Å². The van der Waals surface area contributed by atoms with Gasteiger partial charge in [-0.3, -0.25) is 9.52 Å². The van der Waals surface area contributed by atoms with Crippen LogP contribution in [0.15, 0.2) is 76.3 Å². The highest BCUT2D eigenvalue weighted by atomic mass is 32.2. The summed E-state index contributed by atoms with van der Waals surface area (Å²) in [6, 6.07) is 18.1. The molecule has 0 saturated heterocycles. The summed E-state index contributed by atoms with van der Waals surface area (Å²) in [7, 11) is -3.67. The van der Waals surface area contributed by atoms with Crippen molar-refractivity contribution in [2.45, 2.75) is 24.2 Å². The van der Waals surface area contributed by atoms with E-state index < -0.39 is 22.1 Å². The van der Waals surface area contributed by atoms with Gasteiger partial charge in [0, 0.05) is 17.9 Å². The SMILES string of the molecule is CCN(C(=O)[C@@H](C)OC(=O)c1ccc(NS(=O)(=O)c2cccs2)cc1)c1ccccc1. The molecule has 0 saturated carbocycles. The van der Waals surface area contributed by atoms with E-state index in [1.165, 1.54) is 37.3 Å². The van der Waals surface area contributed by atoms with Crippen LogP contribution in [0.1, 0.15) is 24.2 Å². The smallest absolute Gasteiger partial charge is 0.338 e. The van der Waals surface area contributed by atoms with Crippen molar-refractivity contribution in [3.05, 3.63) is 77.7 Å². The fourth-order valence-corrected chi connectivity index (χ4v) is 4.92. The van der Waals surface area contributed by atoms with Crippen LogP contribution in [0.5, 0.6) is 0 Å². The van der Waals surface area contributed by atoms with Crippen LogP contribution in [-0.4, -0.2) is 32.9 Å². The molecule has 0 spiro atoms. The first-order valence-electron chi connectivity index (χ1n) is 9.55. The number of nitrogens with zero attached hydrogens (tertiary/aromatic N) is 1. The fourth-order valence-electron chi connectivity index (χ4n) is 2.87. The number of benzene rings is 2. The second kappa shape index (κ2) is 9.76. The zero-order chi connectivity index (χ0) is 22.4. The van der Waals surface area contributed by atoms with E-state index in [0.717, 1.165) is 17.0 Å². The Morgan fingerprint density at radius 1 is 1.03 bits per heavy atom. The highest BCUT2D eigenvalue weighted by Crippen LogP contribution is 2.21. The average Bonchev–Trinajstić information content (AvgIpc) is 3.31. The molecule has 1 atom stereocenters. The van der Waals surface area contributed by atoms with E-state index in [2.05, 4.69) is 4.72 Å². The minimum Gasteiger partial charge on any atom is -0.449 e. The number of nitrogens with one attached hydrogen (secondary N) is 1. The van der Waals surface area contributed by atoms with Crippen molar-refractivity contribution in [3.63, 3.8) is 0 Å². The summed E-state index contributed by atoms with van der Waals surface area (Å²) in [5.74, 6) is -1.000. The van der Waals surface area contributed by atoms with Crippen molar-refractivity contribution in [3.8, 4) is 0 Å². The molecule has 9 heteroatoms. The lowest BCUT2D eigenvalue weighted by Crippen LogP contribution is -2.40. The Kier molecular flexibility index (Phi) is 7.09. The molecule has 7 nitrogen and oxygen atoms in total. The number of esters is 1. The largest absolute Gasteiger partial charge is 0.449 e. The van der Waals surface area contributed by atoms with Gasteiger partial charge in [0.2, 0.25) is 0 Å². The number of rotatable bonds is 8. The molecule has 2 aromatic carbocycles. The number of anilines is 2. The standard InChI is InChI=1S/C22H22N2O5S2/c1-3-24(19-8-5-4-6-9-19)21(25)16(2)29-22(26)17-11-13-18(14-12-17)23-31(27,28)20-10-7-15-30-20/h4-16,23H,3H2,1-2H3/t16-/m1/s1. The van der Waals surface area contributed by atoms with Gasteiger partial charge in [-0.2, -0.15) is 0 Å². The molecule has 3 rings (SSSR count). The van der Waals surface area contributed by atoms with Gasteiger partial charge >= 0.3 is 5.97 Å². The normalized spacial score (nSPS) is 12.1. The highest BCUT2D eigenvalue weighted by Gasteiger charge is 2.24. The number of likely N-dealkylation sites (N-methyl/N-ethyl adjacent to an activating group) is 1. The summed E-state index contributed by atoms with van der Waals surface area (Å²) in [5, 5.41) is 1.67. The Morgan fingerprint density at radius 3 is 2.29 bits per heavy atom. The van der Waals surface area contributed by atoms with Gasteiger partial charge in [0.15, 0.2) is 6.10 Å². The molecule has 0 aliphatic carbocycles. The van der Waals surface area contributed by atoms with Crippen LogP contribution in [0.25, 0.3) is 0 Å². The summed E-state index contributed by atoms with van der Waals surface area (Å²) in [6.07, 6.45) is -0.982.